The minimum Gasteiger partial charge on any atom is -0.478 e. The molecule has 0 bridgehead atoms. The van der Waals surface area contributed by atoms with Crippen molar-refractivity contribution in [3.63, 3.8) is 0 Å². The number of aromatic carboxylic acids is 1. The van der Waals surface area contributed by atoms with E-state index in [9.17, 15) is 14.3 Å². The molecule has 1 saturated carbocycles. The first-order chi connectivity index (χ1) is 20.9. The van der Waals surface area contributed by atoms with E-state index in [1.807, 2.05) is 10.8 Å². The lowest BCUT2D eigenvalue weighted by Gasteiger charge is -2.32. The number of carboxylic acid groups (broad SMARTS) is 1. The van der Waals surface area contributed by atoms with Gasteiger partial charge in [-0.3, -0.25) is 9.58 Å². The Hall–Kier alpha value is -4.27. The number of hydrogen-bond acceptors (Lipinski definition) is 7. The van der Waals surface area contributed by atoms with Gasteiger partial charge in [0.05, 0.1) is 53.5 Å². The van der Waals surface area contributed by atoms with Crippen LogP contribution in [0.25, 0.3) is 11.0 Å². The van der Waals surface area contributed by atoms with Crippen molar-refractivity contribution in [2.75, 3.05) is 19.7 Å². The highest BCUT2D eigenvalue weighted by Gasteiger charge is 2.32. The summed E-state index contributed by atoms with van der Waals surface area (Å²) in [5.41, 5.74) is 3.66. The number of nitriles is 1. The quantitative estimate of drug-likeness (QED) is 0.276. The van der Waals surface area contributed by atoms with Crippen molar-refractivity contribution in [1.82, 2.24) is 24.2 Å². The van der Waals surface area contributed by atoms with E-state index in [0.717, 1.165) is 74.2 Å². The normalized spacial score (nSPS) is 19.3. The summed E-state index contributed by atoms with van der Waals surface area (Å²) in [6.07, 6.45) is 7.28. The zero-order chi connectivity index (χ0) is 29.5. The van der Waals surface area contributed by atoms with Gasteiger partial charge in [-0.05, 0) is 68.4 Å². The molecular formula is C32H33FN6O4. The van der Waals surface area contributed by atoms with E-state index in [1.165, 1.54) is 6.07 Å². The number of ether oxygens (including phenoxy) is 2. The van der Waals surface area contributed by atoms with Gasteiger partial charge >= 0.3 is 5.97 Å². The molecule has 3 aliphatic rings. The van der Waals surface area contributed by atoms with E-state index in [1.54, 1.807) is 30.3 Å². The number of halogens is 1. The first-order valence-electron chi connectivity index (χ1n) is 14.9. The second-order valence-corrected chi connectivity index (χ2v) is 11.8. The van der Waals surface area contributed by atoms with Gasteiger partial charge in [0.15, 0.2) is 0 Å². The number of carbonyl (C=O) groups is 1. The summed E-state index contributed by atoms with van der Waals surface area (Å²) < 4.78 is 30.3. The van der Waals surface area contributed by atoms with Gasteiger partial charge in [0, 0.05) is 37.0 Å². The average molecular weight is 585 g/mol. The van der Waals surface area contributed by atoms with Gasteiger partial charge in [-0.25, -0.2) is 14.2 Å². The minimum absolute atomic E-state index is 0.0631. The molecule has 2 aromatic carbocycles. The number of aromatic nitrogens is 4. The minimum atomic E-state index is -0.948. The Morgan fingerprint density at radius 3 is 2.63 bits per heavy atom. The predicted molar refractivity (Wildman–Crippen MR) is 154 cm³/mol. The standard InChI is InChI=1S/C32H33FN6O4/c33-27-13-20(15-34)1-2-23(27)19-43-31-26(21-3-4-21)17-39(36-31)24-7-10-37(11-8-24)18-30-35-28-6-5-22(32(40)41)14-29(28)38(30)16-25-9-12-42-25/h1-2,5-6,13-14,17,21,24-25H,3-4,7-12,16,18-19H2,(H,40,41)/t25-/m0/s1. The van der Waals surface area contributed by atoms with Crippen molar-refractivity contribution in [3.8, 4) is 11.9 Å². The van der Waals surface area contributed by atoms with Crippen molar-refractivity contribution >= 4 is 17.0 Å². The third-order valence-electron chi connectivity index (χ3n) is 8.84. The number of nitrogens with zero attached hydrogens (tertiary/aromatic N) is 6. The van der Waals surface area contributed by atoms with Crippen LogP contribution in [0.15, 0.2) is 42.6 Å². The van der Waals surface area contributed by atoms with Crippen molar-refractivity contribution in [3.05, 3.63) is 76.5 Å². The third-order valence-corrected chi connectivity index (χ3v) is 8.84. The number of likely N-dealkylation sites (tertiary alicyclic amines) is 1. The fourth-order valence-electron chi connectivity index (χ4n) is 6.05. The van der Waals surface area contributed by atoms with Crippen LogP contribution >= 0.6 is 0 Å². The highest BCUT2D eigenvalue weighted by atomic mass is 19.1. The second kappa shape index (κ2) is 11.4. The highest BCUT2D eigenvalue weighted by molar-refractivity contribution is 5.92. The molecule has 1 atom stereocenters. The monoisotopic (exact) mass is 584 g/mol. The molecule has 0 spiro atoms. The number of benzene rings is 2. The lowest BCUT2D eigenvalue weighted by molar-refractivity contribution is -0.0592. The van der Waals surface area contributed by atoms with Crippen LogP contribution in [0.4, 0.5) is 4.39 Å². The molecule has 7 rings (SSSR count). The smallest absolute Gasteiger partial charge is 0.335 e. The fraction of sp³-hybridized carbons (Fsp3) is 0.438. The molecule has 1 aliphatic carbocycles. The molecule has 0 unspecified atom stereocenters. The van der Waals surface area contributed by atoms with Crippen LogP contribution in [0.2, 0.25) is 0 Å². The Labute approximate surface area is 248 Å². The van der Waals surface area contributed by atoms with E-state index in [-0.39, 0.29) is 29.9 Å². The lowest BCUT2D eigenvalue weighted by atomic mass is 10.1. The zero-order valence-corrected chi connectivity index (χ0v) is 23.8. The van der Waals surface area contributed by atoms with Gasteiger partial charge in [-0.15, -0.1) is 5.10 Å². The maximum absolute atomic E-state index is 14.4. The number of carboxylic acids is 1. The molecule has 222 valence electrons. The summed E-state index contributed by atoms with van der Waals surface area (Å²) in [6.45, 7) is 3.91. The van der Waals surface area contributed by atoms with E-state index in [2.05, 4.69) is 15.7 Å². The molecule has 2 aromatic heterocycles. The van der Waals surface area contributed by atoms with Crippen LogP contribution in [-0.4, -0.2) is 61.1 Å². The molecule has 3 fully saturated rings. The molecular weight excluding hydrogens is 551 g/mol. The number of hydrogen-bond donors (Lipinski definition) is 1. The highest BCUT2D eigenvalue weighted by Crippen LogP contribution is 2.45. The number of piperidine rings is 1. The summed E-state index contributed by atoms with van der Waals surface area (Å²) >= 11 is 0. The topological polar surface area (TPSA) is 118 Å². The maximum Gasteiger partial charge on any atom is 0.335 e. The Bertz CT molecular complexity index is 1710. The average Bonchev–Trinajstić information content (AvgIpc) is 3.66. The van der Waals surface area contributed by atoms with E-state index in [0.29, 0.717) is 30.5 Å². The van der Waals surface area contributed by atoms with Gasteiger partial charge in [0.25, 0.3) is 0 Å². The predicted octanol–water partition coefficient (Wildman–Crippen LogP) is 5.02. The van der Waals surface area contributed by atoms with Crippen LogP contribution in [0.1, 0.15) is 76.9 Å². The Morgan fingerprint density at radius 1 is 1.14 bits per heavy atom. The first kappa shape index (κ1) is 27.6. The molecule has 4 aromatic rings. The maximum atomic E-state index is 14.4. The van der Waals surface area contributed by atoms with Gasteiger partial charge < -0.3 is 19.1 Å². The van der Waals surface area contributed by atoms with Gasteiger partial charge in [0.2, 0.25) is 5.88 Å². The molecule has 0 radical (unpaired) electrons. The Kier molecular flexibility index (Phi) is 7.33. The third kappa shape index (κ3) is 5.72. The SMILES string of the molecule is N#Cc1ccc(COc2nn(C3CCN(Cc4nc5ccc(C(=O)O)cc5n4C[C@@H]4CCO4)CC3)cc2C2CC2)c(F)c1. The van der Waals surface area contributed by atoms with Crippen LogP contribution < -0.4 is 4.74 Å². The van der Waals surface area contributed by atoms with Crippen molar-refractivity contribution < 1.29 is 23.8 Å². The number of fused-ring (bicyclic) bond motifs is 1. The summed E-state index contributed by atoms with van der Waals surface area (Å²) in [5, 5.41) is 23.3. The molecule has 2 aliphatic heterocycles. The molecule has 2 saturated heterocycles. The van der Waals surface area contributed by atoms with Crippen molar-refractivity contribution in [1.29, 1.82) is 5.26 Å². The van der Waals surface area contributed by atoms with E-state index >= 15 is 0 Å². The Balaban J connectivity index is 1.03. The van der Waals surface area contributed by atoms with Gasteiger partial charge in [-0.2, -0.15) is 5.26 Å². The molecule has 10 nitrogen and oxygen atoms in total. The van der Waals surface area contributed by atoms with Crippen molar-refractivity contribution in [2.24, 2.45) is 0 Å². The summed E-state index contributed by atoms with van der Waals surface area (Å²) in [7, 11) is 0. The van der Waals surface area contributed by atoms with Crippen LogP contribution in [0, 0.1) is 17.1 Å². The summed E-state index contributed by atoms with van der Waals surface area (Å²) in [6, 6.07) is 11.7. The van der Waals surface area contributed by atoms with E-state index < -0.39 is 11.8 Å². The van der Waals surface area contributed by atoms with Gasteiger partial charge in [-0.1, -0.05) is 6.07 Å². The van der Waals surface area contributed by atoms with Crippen LogP contribution in [-0.2, 0) is 24.4 Å². The van der Waals surface area contributed by atoms with Crippen LogP contribution in [0.3, 0.4) is 0 Å². The Morgan fingerprint density at radius 2 is 1.95 bits per heavy atom. The molecule has 43 heavy (non-hydrogen) atoms. The summed E-state index contributed by atoms with van der Waals surface area (Å²) in [5.74, 6) is 0.532. The van der Waals surface area contributed by atoms with Crippen LogP contribution in [0.5, 0.6) is 5.88 Å². The van der Waals surface area contributed by atoms with Gasteiger partial charge in [0.1, 0.15) is 18.2 Å². The number of rotatable bonds is 10. The molecule has 1 N–H and O–H groups in total. The number of imidazole rings is 1. The van der Waals surface area contributed by atoms with E-state index in [4.69, 9.17) is 24.8 Å². The van der Waals surface area contributed by atoms with Crippen molar-refractivity contribution in [2.45, 2.75) is 69.9 Å². The summed E-state index contributed by atoms with van der Waals surface area (Å²) in [4.78, 5) is 18.9. The molecule has 4 heterocycles. The largest absolute Gasteiger partial charge is 0.478 e. The lowest BCUT2D eigenvalue weighted by Crippen LogP contribution is -2.36. The molecule has 11 heteroatoms. The fourth-order valence-corrected chi connectivity index (χ4v) is 6.05. The second-order valence-electron chi connectivity index (χ2n) is 11.8. The molecule has 0 amide bonds. The first-order valence-corrected chi connectivity index (χ1v) is 14.9. The zero-order valence-electron chi connectivity index (χ0n) is 23.8.